The van der Waals surface area contributed by atoms with E-state index < -0.39 is 6.04 Å². The van der Waals surface area contributed by atoms with Crippen LogP contribution in [0.1, 0.15) is 31.2 Å². The Bertz CT molecular complexity index is 472. The predicted molar refractivity (Wildman–Crippen MR) is 81.5 cm³/mol. The molecule has 21 heavy (non-hydrogen) atoms. The van der Waals surface area contributed by atoms with Crippen LogP contribution in [0.2, 0.25) is 0 Å². The first-order valence-corrected chi connectivity index (χ1v) is 7.52. The van der Waals surface area contributed by atoms with Crippen LogP contribution in [0.25, 0.3) is 0 Å². The van der Waals surface area contributed by atoms with Gasteiger partial charge >= 0.3 is 0 Å². The Labute approximate surface area is 125 Å². The molecule has 1 aliphatic rings. The van der Waals surface area contributed by atoms with Gasteiger partial charge in [0.05, 0.1) is 6.04 Å². The summed E-state index contributed by atoms with van der Waals surface area (Å²) in [7, 11) is 0. The molecule has 0 aliphatic heterocycles. The zero-order valence-corrected chi connectivity index (χ0v) is 12.2. The van der Waals surface area contributed by atoms with Gasteiger partial charge in [0.25, 0.3) is 0 Å². The van der Waals surface area contributed by atoms with Crippen LogP contribution in [0.4, 0.5) is 0 Å². The fraction of sp³-hybridized carbons (Fsp3) is 0.500. The Balaban J connectivity index is 1.59. The van der Waals surface area contributed by atoms with E-state index in [1.165, 1.54) is 5.56 Å². The number of nitrogens with two attached hydrogens (primary N) is 1. The van der Waals surface area contributed by atoms with Crippen molar-refractivity contribution in [3.8, 4) is 0 Å². The molecular weight excluding hydrogens is 266 g/mol. The summed E-state index contributed by atoms with van der Waals surface area (Å²) in [5, 5.41) is 5.60. The molecule has 1 fully saturated rings. The van der Waals surface area contributed by atoms with Gasteiger partial charge in [-0.2, -0.15) is 0 Å². The molecule has 2 amide bonds. The van der Waals surface area contributed by atoms with Gasteiger partial charge in [0.2, 0.25) is 11.8 Å². The molecule has 0 radical (unpaired) electrons. The lowest BCUT2D eigenvalue weighted by Crippen LogP contribution is -2.42. The number of carbonyl (C=O) groups is 2. The number of rotatable bonds is 8. The Morgan fingerprint density at radius 2 is 1.95 bits per heavy atom. The maximum Gasteiger partial charge on any atom is 0.236 e. The molecule has 4 N–H and O–H groups in total. The second-order valence-electron chi connectivity index (χ2n) is 5.51. The van der Waals surface area contributed by atoms with E-state index in [4.69, 9.17) is 5.73 Å². The van der Waals surface area contributed by atoms with E-state index in [-0.39, 0.29) is 11.8 Å². The zero-order chi connectivity index (χ0) is 15.1. The normalized spacial score (nSPS) is 15.3. The molecule has 0 heterocycles. The largest absolute Gasteiger partial charge is 0.354 e. The maximum atomic E-state index is 11.8. The first-order chi connectivity index (χ1) is 10.1. The molecule has 1 aromatic carbocycles. The highest BCUT2D eigenvalue weighted by Gasteiger charge is 2.23. The second kappa shape index (κ2) is 7.78. The van der Waals surface area contributed by atoms with Crippen molar-refractivity contribution in [3.63, 3.8) is 0 Å². The van der Waals surface area contributed by atoms with Crippen LogP contribution in [-0.4, -0.2) is 30.4 Å². The molecule has 0 bridgehead atoms. The van der Waals surface area contributed by atoms with Crippen molar-refractivity contribution >= 4 is 11.8 Å². The Kier molecular flexibility index (Phi) is 5.75. The van der Waals surface area contributed by atoms with Crippen molar-refractivity contribution in [1.29, 1.82) is 0 Å². The van der Waals surface area contributed by atoms with E-state index in [0.29, 0.717) is 25.4 Å². The predicted octanol–water partition coefficient (Wildman–Crippen LogP) is 0.731. The quantitative estimate of drug-likeness (QED) is 0.659. The lowest BCUT2D eigenvalue weighted by molar-refractivity contribution is -0.123. The molecular formula is C16H23N3O2. The van der Waals surface area contributed by atoms with E-state index in [2.05, 4.69) is 10.6 Å². The van der Waals surface area contributed by atoms with Crippen LogP contribution in [0.3, 0.4) is 0 Å². The monoisotopic (exact) mass is 289 g/mol. The van der Waals surface area contributed by atoms with Gasteiger partial charge < -0.3 is 16.4 Å². The van der Waals surface area contributed by atoms with Crippen molar-refractivity contribution in [1.82, 2.24) is 10.6 Å². The van der Waals surface area contributed by atoms with Crippen LogP contribution in [0.15, 0.2) is 30.3 Å². The summed E-state index contributed by atoms with van der Waals surface area (Å²) in [6.45, 7) is 0.344. The number of nitrogens with one attached hydrogen (secondary N) is 2. The van der Waals surface area contributed by atoms with E-state index in [1.807, 2.05) is 30.3 Å². The molecule has 0 saturated heterocycles. The Hall–Kier alpha value is -1.88. The Morgan fingerprint density at radius 1 is 1.24 bits per heavy atom. The number of amides is 2. The van der Waals surface area contributed by atoms with Gasteiger partial charge in [-0.3, -0.25) is 9.59 Å². The molecule has 1 saturated carbocycles. The number of hydrogen-bond acceptors (Lipinski definition) is 3. The summed E-state index contributed by atoms with van der Waals surface area (Å²) < 4.78 is 0. The number of aryl methyl sites for hydroxylation is 1. The minimum Gasteiger partial charge on any atom is -0.354 e. The van der Waals surface area contributed by atoms with E-state index in [9.17, 15) is 9.59 Å². The summed E-state index contributed by atoms with van der Waals surface area (Å²) in [5.74, 6) is -0.194. The Morgan fingerprint density at radius 3 is 2.62 bits per heavy atom. The third-order valence-electron chi connectivity index (χ3n) is 3.52. The second-order valence-corrected chi connectivity index (χ2v) is 5.51. The average molecular weight is 289 g/mol. The van der Waals surface area contributed by atoms with Gasteiger partial charge in [0, 0.05) is 19.0 Å². The topological polar surface area (TPSA) is 84.2 Å². The fourth-order valence-corrected chi connectivity index (χ4v) is 2.06. The van der Waals surface area contributed by atoms with Gasteiger partial charge in [-0.25, -0.2) is 0 Å². The summed E-state index contributed by atoms with van der Waals surface area (Å²) >= 11 is 0. The molecule has 2 rings (SSSR count). The summed E-state index contributed by atoms with van der Waals surface area (Å²) in [4.78, 5) is 23.3. The van der Waals surface area contributed by atoms with Crippen LogP contribution < -0.4 is 16.4 Å². The average Bonchev–Trinajstić information content (AvgIpc) is 3.29. The first-order valence-electron chi connectivity index (χ1n) is 7.52. The summed E-state index contributed by atoms with van der Waals surface area (Å²) in [6.07, 6.45) is 3.83. The highest BCUT2D eigenvalue weighted by Crippen LogP contribution is 2.18. The third-order valence-corrected chi connectivity index (χ3v) is 3.52. The smallest absolute Gasteiger partial charge is 0.236 e. The van der Waals surface area contributed by atoms with Crippen molar-refractivity contribution < 1.29 is 9.59 Å². The molecule has 0 spiro atoms. The minimum absolute atomic E-state index is 0.00402. The lowest BCUT2D eigenvalue weighted by atomic mass is 10.1. The van der Waals surface area contributed by atoms with Crippen LogP contribution in [0, 0.1) is 0 Å². The highest BCUT2D eigenvalue weighted by atomic mass is 16.2. The van der Waals surface area contributed by atoms with Gasteiger partial charge in [-0.1, -0.05) is 30.3 Å². The number of carbonyl (C=O) groups excluding carboxylic acids is 2. The number of hydrogen-bond donors (Lipinski definition) is 3. The van der Waals surface area contributed by atoms with Crippen LogP contribution in [0.5, 0.6) is 0 Å². The van der Waals surface area contributed by atoms with Crippen molar-refractivity contribution in [2.75, 3.05) is 6.54 Å². The van der Waals surface area contributed by atoms with Crippen LogP contribution >= 0.6 is 0 Å². The van der Waals surface area contributed by atoms with Gasteiger partial charge in [-0.15, -0.1) is 0 Å². The number of benzene rings is 1. The standard InChI is InChI=1S/C16H23N3O2/c17-14(9-6-12-4-2-1-3-5-12)16(21)18-11-10-15(20)19-13-7-8-13/h1-5,13-14H,6-11,17H2,(H,18,21)(H,19,20)/t14-/m0/s1. The fourth-order valence-electron chi connectivity index (χ4n) is 2.06. The SMILES string of the molecule is N[C@@H](CCc1ccccc1)C(=O)NCCC(=O)NC1CC1. The van der Waals surface area contributed by atoms with Crippen molar-refractivity contribution in [2.24, 2.45) is 5.73 Å². The molecule has 0 aromatic heterocycles. The molecule has 1 atom stereocenters. The van der Waals surface area contributed by atoms with Crippen LogP contribution in [-0.2, 0) is 16.0 Å². The molecule has 114 valence electrons. The van der Waals surface area contributed by atoms with E-state index >= 15 is 0 Å². The zero-order valence-electron chi connectivity index (χ0n) is 12.2. The lowest BCUT2D eigenvalue weighted by Gasteiger charge is -2.12. The van der Waals surface area contributed by atoms with Crippen molar-refractivity contribution in [2.45, 2.75) is 44.2 Å². The molecule has 1 aromatic rings. The van der Waals surface area contributed by atoms with Crippen molar-refractivity contribution in [3.05, 3.63) is 35.9 Å². The summed E-state index contributed by atoms with van der Waals surface area (Å²) in [5.41, 5.74) is 7.03. The highest BCUT2D eigenvalue weighted by molar-refractivity contribution is 5.82. The van der Waals surface area contributed by atoms with Gasteiger partial charge in [0.15, 0.2) is 0 Å². The third kappa shape index (κ3) is 5.95. The van der Waals surface area contributed by atoms with E-state index in [0.717, 1.165) is 19.3 Å². The van der Waals surface area contributed by atoms with E-state index in [1.54, 1.807) is 0 Å². The summed E-state index contributed by atoms with van der Waals surface area (Å²) in [6, 6.07) is 9.78. The maximum absolute atomic E-state index is 11.8. The first kappa shape index (κ1) is 15.5. The molecule has 5 nitrogen and oxygen atoms in total. The van der Waals surface area contributed by atoms with Gasteiger partial charge in [0.1, 0.15) is 0 Å². The van der Waals surface area contributed by atoms with Gasteiger partial charge in [-0.05, 0) is 31.2 Å². The molecule has 0 unspecified atom stereocenters. The minimum atomic E-state index is -0.531. The molecule has 5 heteroatoms. The molecule has 1 aliphatic carbocycles.